The number of Topliss-reactive ketones (excluding diaryl/α,β-unsaturated/α-hetero) is 1. The van der Waals surface area contributed by atoms with Crippen molar-refractivity contribution in [1.29, 1.82) is 0 Å². The highest BCUT2D eigenvalue weighted by Gasteiger charge is 2.49. The third kappa shape index (κ3) is 3.39. The molecule has 138 valence electrons. The Hall–Kier alpha value is -1.61. The fourth-order valence-corrected chi connectivity index (χ4v) is 4.39. The molecule has 0 radical (unpaired) electrons. The number of ketones is 1. The molecule has 0 aliphatic carbocycles. The molecular formula is C16H18F3NO4S. The molecule has 2 aliphatic heterocycles. The van der Waals surface area contributed by atoms with Crippen LogP contribution in [0.4, 0.5) is 13.2 Å². The molecule has 0 spiro atoms. The molecule has 1 fully saturated rings. The minimum absolute atomic E-state index is 0.0797. The van der Waals surface area contributed by atoms with Crippen LogP contribution in [0.1, 0.15) is 53.7 Å². The van der Waals surface area contributed by atoms with Gasteiger partial charge in [0.1, 0.15) is 23.9 Å². The SMILES string of the molecule is CC1(C)Oc2cc(C(=O)CC(F)(F)F)sc2[C@H](N2CCCC2=O)[C@H]1O. The van der Waals surface area contributed by atoms with E-state index in [9.17, 15) is 27.9 Å². The Kier molecular flexibility index (Phi) is 4.35. The van der Waals surface area contributed by atoms with E-state index < -0.39 is 36.1 Å². The summed E-state index contributed by atoms with van der Waals surface area (Å²) in [6.07, 6.45) is -6.17. The Balaban J connectivity index is 1.99. The van der Waals surface area contributed by atoms with Gasteiger partial charge in [0.15, 0.2) is 5.78 Å². The van der Waals surface area contributed by atoms with Crippen LogP contribution in [-0.4, -0.2) is 46.1 Å². The van der Waals surface area contributed by atoms with E-state index in [0.29, 0.717) is 24.3 Å². The Morgan fingerprint density at radius 2 is 2.16 bits per heavy atom. The fraction of sp³-hybridized carbons (Fsp3) is 0.625. The van der Waals surface area contributed by atoms with Gasteiger partial charge in [-0.25, -0.2) is 0 Å². The van der Waals surface area contributed by atoms with E-state index in [1.54, 1.807) is 13.8 Å². The molecule has 3 rings (SSSR count). The number of aliphatic hydroxyl groups is 1. The lowest BCUT2D eigenvalue weighted by atomic mass is 9.90. The molecule has 1 N–H and O–H groups in total. The summed E-state index contributed by atoms with van der Waals surface area (Å²) in [4.78, 5) is 25.9. The first-order valence-corrected chi connectivity index (χ1v) is 8.71. The van der Waals surface area contributed by atoms with Crippen LogP contribution in [0, 0.1) is 0 Å². The van der Waals surface area contributed by atoms with E-state index in [-0.39, 0.29) is 16.5 Å². The number of nitrogens with zero attached hydrogens (tertiary/aromatic N) is 1. The number of amides is 1. The first kappa shape index (κ1) is 18.2. The van der Waals surface area contributed by atoms with Gasteiger partial charge < -0.3 is 14.7 Å². The number of carbonyl (C=O) groups is 2. The van der Waals surface area contributed by atoms with E-state index in [1.807, 2.05) is 0 Å². The summed E-state index contributed by atoms with van der Waals surface area (Å²) in [5, 5.41) is 10.7. The van der Waals surface area contributed by atoms with Gasteiger partial charge in [-0.2, -0.15) is 13.2 Å². The first-order valence-electron chi connectivity index (χ1n) is 7.90. The van der Waals surface area contributed by atoms with Gasteiger partial charge in [0, 0.05) is 19.0 Å². The van der Waals surface area contributed by atoms with Gasteiger partial charge in [0.25, 0.3) is 0 Å². The Morgan fingerprint density at radius 3 is 2.72 bits per heavy atom. The number of thiophene rings is 1. The number of alkyl halides is 3. The maximum absolute atomic E-state index is 12.5. The number of ether oxygens (including phenoxy) is 1. The Morgan fingerprint density at radius 1 is 1.48 bits per heavy atom. The molecule has 2 aliphatic rings. The normalized spacial score (nSPS) is 25.7. The van der Waals surface area contributed by atoms with Gasteiger partial charge in [-0.3, -0.25) is 9.59 Å². The largest absolute Gasteiger partial charge is 0.484 e. The standard InChI is InChI=1S/C16H18F3NO4S/c1-15(2)14(23)12(20-5-3-4-11(20)22)13-9(24-15)6-10(25-13)8(21)7-16(17,18)19/h6,12,14,23H,3-5,7H2,1-2H3/t12-,14+/m0/s1. The van der Waals surface area contributed by atoms with Gasteiger partial charge in [-0.1, -0.05) is 0 Å². The van der Waals surface area contributed by atoms with Crippen LogP contribution in [0.25, 0.3) is 0 Å². The molecule has 1 aromatic heterocycles. The van der Waals surface area contributed by atoms with Crippen LogP contribution in [-0.2, 0) is 4.79 Å². The summed E-state index contributed by atoms with van der Waals surface area (Å²) in [6.45, 7) is 3.74. The van der Waals surface area contributed by atoms with Crippen molar-refractivity contribution in [2.24, 2.45) is 0 Å². The summed E-state index contributed by atoms with van der Waals surface area (Å²) in [7, 11) is 0. The van der Waals surface area contributed by atoms with Crippen LogP contribution in [0.5, 0.6) is 5.75 Å². The number of aliphatic hydroxyl groups excluding tert-OH is 1. The highest BCUT2D eigenvalue weighted by Crippen LogP contribution is 2.48. The Labute approximate surface area is 146 Å². The van der Waals surface area contributed by atoms with Gasteiger partial charge >= 0.3 is 6.18 Å². The topological polar surface area (TPSA) is 66.8 Å². The number of likely N-dealkylation sites (tertiary alicyclic amines) is 1. The van der Waals surface area contributed by atoms with E-state index in [2.05, 4.69) is 0 Å². The zero-order chi connectivity index (χ0) is 18.6. The number of rotatable bonds is 3. The van der Waals surface area contributed by atoms with Crippen LogP contribution < -0.4 is 4.74 Å². The summed E-state index contributed by atoms with van der Waals surface area (Å²) in [6, 6.07) is 0.570. The van der Waals surface area contributed by atoms with Crippen LogP contribution in [0.15, 0.2) is 6.07 Å². The predicted octanol–water partition coefficient (Wildman–Crippen LogP) is 3.08. The molecule has 1 amide bonds. The molecule has 5 nitrogen and oxygen atoms in total. The van der Waals surface area contributed by atoms with Gasteiger partial charge in [0.2, 0.25) is 5.91 Å². The zero-order valence-electron chi connectivity index (χ0n) is 13.7. The molecule has 3 heterocycles. The predicted molar refractivity (Wildman–Crippen MR) is 83.7 cm³/mol. The van der Waals surface area contributed by atoms with E-state index in [1.165, 1.54) is 11.0 Å². The summed E-state index contributed by atoms with van der Waals surface area (Å²) in [5.41, 5.74) is -1.04. The average molecular weight is 377 g/mol. The second-order valence-electron chi connectivity index (χ2n) is 6.84. The minimum Gasteiger partial charge on any atom is -0.484 e. The number of fused-ring (bicyclic) bond motifs is 1. The monoisotopic (exact) mass is 377 g/mol. The van der Waals surface area contributed by atoms with Crippen molar-refractivity contribution in [1.82, 2.24) is 4.90 Å². The molecule has 2 atom stereocenters. The number of carbonyl (C=O) groups excluding carboxylic acids is 2. The molecule has 1 saturated heterocycles. The van der Waals surface area contributed by atoms with Crippen molar-refractivity contribution in [3.8, 4) is 5.75 Å². The molecule has 9 heteroatoms. The fourth-order valence-electron chi connectivity index (χ4n) is 3.22. The maximum atomic E-state index is 12.5. The van der Waals surface area contributed by atoms with Gasteiger partial charge in [-0.15, -0.1) is 11.3 Å². The number of hydrogen-bond acceptors (Lipinski definition) is 5. The van der Waals surface area contributed by atoms with Gasteiger partial charge in [-0.05, 0) is 20.3 Å². The van der Waals surface area contributed by atoms with Crippen LogP contribution >= 0.6 is 11.3 Å². The molecule has 0 bridgehead atoms. The van der Waals surface area contributed by atoms with E-state index in [4.69, 9.17) is 4.74 Å². The second-order valence-corrected chi connectivity index (χ2v) is 7.92. The van der Waals surface area contributed by atoms with Crippen molar-refractivity contribution < 1.29 is 32.6 Å². The third-order valence-electron chi connectivity index (χ3n) is 4.46. The van der Waals surface area contributed by atoms with Crippen molar-refractivity contribution in [3.63, 3.8) is 0 Å². The number of halogens is 3. The smallest absolute Gasteiger partial charge is 0.396 e. The molecule has 0 unspecified atom stereocenters. The van der Waals surface area contributed by atoms with Crippen LogP contribution in [0.3, 0.4) is 0 Å². The lowest BCUT2D eigenvalue weighted by Crippen LogP contribution is -2.53. The average Bonchev–Trinajstić information content (AvgIpc) is 3.04. The zero-order valence-corrected chi connectivity index (χ0v) is 14.5. The molecule has 25 heavy (non-hydrogen) atoms. The quantitative estimate of drug-likeness (QED) is 0.822. The lowest BCUT2D eigenvalue weighted by Gasteiger charge is -2.43. The highest BCUT2D eigenvalue weighted by atomic mass is 32.1. The van der Waals surface area contributed by atoms with Crippen LogP contribution in [0.2, 0.25) is 0 Å². The third-order valence-corrected chi connectivity index (χ3v) is 5.69. The summed E-state index contributed by atoms with van der Waals surface area (Å²) >= 11 is 0.857. The van der Waals surface area contributed by atoms with E-state index >= 15 is 0 Å². The maximum Gasteiger partial charge on any atom is 0.396 e. The molecular weight excluding hydrogens is 359 g/mol. The second kappa shape index (κ2) is 5.98. The van der Waals surface area contributed by atoms with Gasteiger partial charge in [0.05, 0.1) is 15.8 Å². The first-order chi connectivity index (χ1) is 11.5. The Bertz CT molecular complexity index is 713. The van der Waals surface area contributed by atoms with Crippen molar-refractivity contribution >= 4 is 23.0 Å². The minimum atomic E-state index is -4.59. The molecule has 0 saturated carbocycles. The molecule has 1 aromatic rings. The lowest BCUT2D eigenvalue weighted by molar-refractivity contribution is -0.139. The van der Waals surface area contributed by atoms with Crippen molar-refractivity contribution in [2.45, 2.75) is 57.0 Å². The highest BCUT2D eigenvalue weighted by molar-refractivity contribution is 7.14. The van der Waals surface area contributed by atoms with Crippen molar-refractivity contribution in [3.05, 3.63) is 15.8 Å². The van der Waals surface area contributed by atoms with Crippen molar-refractivity contribution in [2.75, 3.05) is 6.54 Å². The van der Waals surface area contributed by atoms with E-state index in [0.717, 1.165) is 11.3 Å². The molecule has 0 aromatic carbocycles. The summed E-state index contributed by atoms with van der Waals surface area (Å²) < 4.78 is 43.2. The summed E-state index contributed by atoms with van der Waals surface area (Å²) in [5.74, 6) is -0.908. The number of hydrogen-bond donors (Lipinski definition) is 1.